The van der Waals surface area contributed by atoms with Gasteiger partial charge in [-0.2, -0.15) is 18.3 Å². The normalized spacial score (nSPS) is 19.1. The number of amides is 1. The largest absolute Gasteiger partial charge is 0.459 e. The predicted octanol–water partition coefficient (Wildman–Crippen LogP) is 7.42. The Hall–Kier alpha value is -2.32. The summed E-state index contributed by atoms with van der Waals surface area (Å²) < 4.78 is 54.4. The minimum Gasteiger partial charge on any atom is -0.459 e. The molecule has 0 bridgehead atoms. The number of alkyl halides is 3. The fourth-order valence-corrected chi connectivity index (χ4v) is 6.89. The third-order valence-electron chi connectivity index (χ3n) is 6.39. The summed E-state index contributed by atoms with van der Waals surface area (Å²) in [5.74, 6) is -0.958. The lowest BCUT2D eigenvalue weighted by Crippen LogP contribution is -2.35. The Bertz CT molecular complexity index is 1400. The topological polar surface area (TPSA) is 98.4 Å². The molecule has 38 heavy (non-hydrogen) atoms. The first kappa shape index (κ1) is 27.3. The molecular formula is C24H23Br2F3N4O4S. The van der Waals surface area contributed by atoms with Gasteiger partial charge in [-0.3, -0.25) is 4.79 Å². The molecule has 0 radical (unpaired) electrons. The fourth-order valence-electron chi connectivity index (χ4n) is 4.74. The number of esters is 1. The molecule has 204 valence electrons. The summed E-state index contributed by atoms with van der Waals surface area (Å²) >= 11 is 7.75. The van der Waals surface area contributed by atoms with Crippen molar-refractivity contribution in [3.63, 3.8) is 0 Å². The fraction of sp³-hybridized carbons (Fsp3) is 0.458. The first-order valence-corrected chi connectivity index (χ1v) is 14.4. The van der Waals surface area contributed by atoms with Crippen molar-refractivity contribution in [2.45, 2.75) is 70.3 Å². The lowest BCUT2D eigenvalue weighted by Gasteiger charge is -2.32. The summed E-state index contributed by atoms with van der Waals surface area (Å²) in [6.45, 7) is 3.47. The van der Waals surface area contributed by atoms with E-state index in [1.165, 1.54) is 11.3 Å². The molecule has 3 aromatic rings. The molecular weight excluding hydrogens is 657 g/mol. The van der Waals surface area contributed by atoms with Crippen LogP contribution in [0.1, 0.15) is 82.2 Å². The van der Waals surface area contributed by atoms with Crippen LogP contribution >= 0.6 is 43.2 Å². The zero-order chi connectivity index (χ0) is 27.4. The summed E-state index contributed by atoms with van der Waals surface area (Å²) in [6, 6.07) is 0.392. The molecule has 1 aliphatic carbocycles. The van der Waals surface area contributed by atoms with E-state index >= 15 is 0 Å². The monoisotopic (exact) mass is 678 g/mol. The number of thiophene rings is 1. The Morgan fingerprint density at radius 1 is 1.26 bits per heavy atom. The maximum atomic E-state index is 14.1. The average Bonchev–Trinajstić information content (AvgIpc) is 3.52. The van der Waals surface area contributed by atoms with Gasteiger partial charge in [-0.1, -0.05) is 0 Å². The van der Waals surface area contributed by atoms with Crippen LogP contribution in [-0.4, -0.2) is 33.9 Å². The van der Waals surface area contributed by atoms with Crippen LogP contribution < -0.4 is 10.6 Å². The number of rotatable bonds is 5. The number of anilines is 2. The van der Waals surface area contributed by atoms with Gasteiger partial charge < -0.3 is 19.8 Å². The van der Waals surface area contributed by atoms with E-state index in [-0.39, 0.29) is 28.5 Å². The van der Waals surface area contributed by atoms with Crippen molar-refractivity contribution < 1.29 is 31.9 Å². The van der Waals surface area contributed by atoms with Crippen molar-refractivity contribution >= 4 is 65.9 Å². The van der Waals surface area contributed by atoms with Crippen LogP contribution in [0.2, 0.25) is 0 Å². The Labute approximate surface area is 236 Å². The predicted molar refractivity (Wildman–Crippen MR) is 142 cm³/mol. The van der Waals surface area contributed by atoms with E-state index in [4.69, 9.17) is 9.15 Å². The molecule has 0 saturated carbocycles. The van der Waals surface area contributed by atoms with Crippen molar-refractivity contribution in [2.24, 2.45) is 0 Å². The Balaban J connectivity index is 1.49. The highest BCUT2D eigenvalue weighted by molar-refractivity contribution is 9.10. The van der Waals surface area contributed by atoms with E-state index in [0.29, 0.717) is 27.4 Å². The number of furan rings is 1. The molecule has 1 amide bonds. The molecule has 14 heteroatoms. The van der Waals surface area contributed by atoms with E-state index in [9.17, 15) is 22.8 Å². The molecule has 8 nitrogen and oxygen atoms in total. The molecule has 0 aromatic carbocycles. The summed E-state index contributed by atoms with van der Waals surface area (Å²) in [7, 11) is 0. The van der Waals surface area contributed by atoms with Gasteiger partial charge in [0.25, 0.3) is 5.91 Å². The van der Waals surface area contributed by atoms with Gasteiger partial charge in [0.15, 0.2) is 16.4 Å². The van der Waals surface area contributed by atoms with Crippen LogP contribution in [0.3, 0.4) is 0 Å². The molecule has 5 rings (SSSR count). The molecule has 3 aromatic heterocycles. The number of ether oxygens (including phenoxy) is 1. The van der Waals surface area contributed by atoms with Crippen LogP contribution in [0.4, 0.5) is 24.0 Å². The van der Waals surface area contributed by atoms with Gasteiger partial charge in [-0.25, -0.2) is 9.48 Å². The summed E-state index contributed by atoms with van der Waals surface area (Å²) in [5.41, 5.74) is 0.927. The van der Waals surface area contributed by atoms with E-state index < -0.39 is 30.1 Å². The van der Waals surface area contributed by atoms with Gasteiger partial charge in [0.05, 0.1) is 22.2 Å². The van der Waals surface area contributed by atoms with Crippen LogP contribution in [0.25, 0.3) is 0 Å². The first-order chi connectivity index (χ1) is 17.9. The number of halogens is 5. The number of hydrogen-bond acceptors (Lipinski definition) is 7. The smallest absolute Gasteiger partial charge is 0.410 e. The zero-order valence-electron chi connectivity index (χ0n) is 20.2. The first-order valence-electron chi connectivity index (χ1n) is 12.0. The van der Waals surface area contributed by atoms with Crippen molar-refractivity contribution in [2.75, 3.05) is 10.6 Å². The molecule has 1 aliphatic heterocycles. The number of carbonyl (C=O) groups is 2. The lowest BCUT2D eigenvalue weighted by atomic mass is 9.95. The van der Waals surface area contributed by atoms with Gasteiger partial charge >= 0.3 is 12.1 Å². The number of aromatic nitrogens is 2. The van der Waals surface area contributed by atoms with Crippen LogP contribution in [0.5, 0.6) is 0 Å². The highest BCUT2D eigenvalue weighted by atomic mass is 79.9. The number of nitrogens with one attached hydrogen (secondary N) is 2. The molecule has 4 heterocycles. The average molecular weight is 680 g/mol. The van der Waals surface area contributed by atoms with E-state index in [1.807, 2.05) is 0 Å². The minimum absolute atomic E-state index is 0.00571. The van der Waals surface area contributed by atoms with Gasteiger partial charge in [0.1, 0.15) is 16.6 Å². The molecule has 0 saturated heterocycles. The summed E-state index contributed by atoms with van der Waals surface area (Å²) in [4.78, 5) is 27.3. The van der Waals surface area contributed by atoms with E-state index in [2.05, 4.69) is 47.6 Å². The quantitative estimate of drug-likeness (QED) is 0.273. The van der Waals surface area contributed by atoms with Crippen molar-refractivity contribution in [1.82, 2.24) is 9.78 Å². The Morgan fingerprint density at radius 3 is 2.66 bits per heavy atom. The maximum Gasteiger partial charge on any atom is 0.410 e. The third-order valence-corrected chi connectivity index (χ3v) is 8.78. The Morgan fingerprint density at radius 2 is 2.00 bits per heavy atom. The van der Waals surface area contributed by atoms with Gasteiger partial charge in [-0.05, 0) is 89.1 Å². The van der Waals surface area contributed by atoms with Crippen molar-refractivity contribution in [3.8, 4) is 0 Å². The Kier molecular flexibility index (Phi) is 7.42. The van der Waals surface area contributed by atoms with E-state index in [0.717, 1.165) is 34.4 Å². The number of aryl methyl sites for hydroxylation is 1. The SMILES string of the molecule is CC(C)OC(=O)c1c(NC(=O)c2nn3c(c2Br)N[C@@H](c2ccc(Br)o2)C[C@H]3C(F)(F)F)sc2c1CCCC2. The maximum absolute atomic E-state index is 14.1. The summed E-state index contributed by atoms with van der Waals surface area (Å²) in [5, 5.41) is 10.1. The van der Waals surface area contributed by atoms with Crippen LogP contribution in [-0.2, 0) is 17.6 Å². The number of nitrogens with zero attached hydrogens (tertiary/aromatic N) is 2. The highest BCUT2D eigenvalue weighted by Gasteiger charge is 2.48. The standard InChI is InChI=1S/C24H23Br2F3N4O4S/c1-10(2)36-23(35)17-11-5-3-4-6-14(11)38-22(17)31-21(34)19-18(26)20-30-12(13-7-8-16(25)37-13)9-15(24(27,28)29)33(20)32-19/h7-8,10,12,15,30H,3-6,9H2,1-2H3,(H,31,34)/t12-,15+/m1/s1. The van der Waals surface area contributed by atoms with Gasteiger partial charge in [-0.15, -0.1) is 11.3 Å². The van der Waals surface area contributed by atoms with Crippen LogP contribution in [0, 0.1) is 0 Å². The number of hydrogen-bond donors (Lipinski definition) is 2. The summed E-state index contributed by atoms with van der Waals surface area (Å²) in [6.07, 6.45) is -2.01. The third kappa shape index (κ3) is 5.14. The molecule has 2 aliphatic rings. The second-order valence-electron chi connectivity index (χ2n) is 9.41. The van der Waals surface area contributed by atoms with Crippen molar-refractivity contribution in [1.29, 1.82) is 0 Å². The highest BCUT2D eigenvalue weighted by Crippen LogP contribution is 2.47. The molecule has 2 atom stereocenters. The van der Waals surface area contributed by atoms with Crippen LogP contribution in [0.15, 0.2) is 25.7 Å². The number of carbonyl (C=O) groups excluding carboxylic acids is 2. The number of fused-ring (bicyclic) bond motifs is 2. The van der Waals surface area contributed by atoms with Gasteiger partial charge in [0.2, 0.25) is 0 Å². The van der Waals surface area contributed by atoms with Gasteiger partial charge in [0, 0.05) is 11.3 Å². The van der Waals surface area contributed by atoms with E-state index in [1.54, 1.807) is 26.0 Å². The molecule has 0 fully saturated rings. The minimum atomic E-state index is -4.63. The molecule has 2 N–H and O–H groups in total. The van der Waals surface area contributed by atoms with Crippen molar-refractivity contribution in [3.05, 3.63) is 48.7 Å². The molecule has 0 unspecified atom stereocenters. The second-order valence-corrected chi connectivity index (χ2v) is 12.1. The molecule has 0 spiro atoms. The zero-order valence-corrected chi connectivity index (χ0v) is 24.2. The lowest BCUT2D eigenvalue weighted by molar-refractivity contribution is -0.174. The second kappa shape index (κ2) is 10.3.